The van der Waals surface area contributed by atoms with Gasteiger partial charge in [0.25, 0.3) is 0 Å². The maximum atomic E-state index is 2.34. The van der Waals surface area contributed by atoms with Crippen molar-refractivity contribution in [2.45, 2.75) is 131 Å². The van der Waals surface area contributed by atoms with Crippen molar-refractivity contribution in [3.63, 3.8) is 0 Å². The molecule has 0 amide bonds. The summed E-state index contributed by atoms with van der Waals surface area (Å²) in [4.78, 5) is 0. The first-order chi connectivity index (χ1) is 12.4. The van der Waals surface area contributed by atoms with Crippen molar-refractivity contribution in [3.8, 4) is 0 Å². The highest BCUT2D eigenvalue weighted by atomic mass is 14.3. The lowest BCUT2D eigenvalue weighted by Crippen LogP contribution is -2.08. The van der Waals surface area contributed by atoms with E-state index in [1.807, 2.05) is 0 Å². The molecule has 3 aliphatic rings. The van der Waals surface area contributed by atoms with E-state index in [0.29, 0.717) is 0 Å². The van der Waals surface area contributed by atoms with Crippen LogP contribution in [0.3, 0.4) is 0 Å². The second-order valence-corrected chi connectivity index (χ2v) is 11.0. The Morgan fingerprint density at radius 1 is 0.423 bits per heavy atom. The molecule has 26 heavy (non-hydrogen) atoms. The van der Waals surface area contributed by atoms with Crippen LogP contribution in [-0.4, -0.2) is 0 Å². The number of rotatable bonds is 6. The van der Waals surface area contributed by atoms with Crippen molar-refractivity contribution in [1.29, 1.82) is 0 Å². The van der Waals surface area contributed by atoms with Gasteiger partial charge in [-0.3, -0.25) is 0 Å². The van der Waals surface area contributed by atoms with Crippen molar-refractivity contribution >= 4 is 0 Å². The first-order valence-corrected chi connectivity index (χ1v) is 12.4. The minimum absolute atomic E-state index is 0.920. The summed E-state index contributed by atoms with van der Waals surface area (Å²) in [7, 11) is 0. The summed E-state index contributed by atoms with van der Waals surface area (Å²) in [6.45, 7) is 14.0. The van der Waals surface area contributed by atoms with Gasteiger partial charge in [0, 0.05) is 0 Å². The average Bonchev–Trinajstić information content (AvgIpc) is 3.21. The third-order valence-electron chi connectivity index (χ3n) is 6.31. The highest BCUT2D eigenvalue weighted by Gasteiger charge is 2.21. The quantitative estimate of drug-likeness (QED) is 0.440. The Hall–Kier alpha value is 0. The molecular formula is C26H52. The molecule has 0 nitrogen and oxygen atoms in total. The van der Waals surface area contributed by atoms with Crippen LogP contribution in [0.5, 0.6) is 0 Å². The lowest BCUT2D eigenvalue weighted by Gasteiger charge is -2.22. The standard InChI is InChI=1S/C10H20.C9H18.C7H14/c1-9(2)8-10-6-4-3-5-7-10;1-8(2)7-9-5-3-4-6-9;1-6(2)5-7-3-4-7/h9-10H,3-8H2,1-2H3;8-9H,3-7H2,1-2H3;6-7H,3-5H2,1-2H3. The molecule has 0 bridgehead atoms. The molecule has 3 aliphatic carbocycles. The second-order valence-electron chi connectivity index (χ2n) is 11.0. The zero-order chi connectivity index (χ0) is 19.4. The molecule has 0 saturated heterocycles. The van der Waals surface area contributed by atoms with E-state index in [2.05, 4.69) is 41.5 Å². The largest absolute Gasteiger partial charge is 0.0628 e. The van der Waals surface area contributed by atoms with Crippen molar-refractivity contribution in [1.82, 2.24) is 0 Å². The van der Waals surface area contributed by atoms with Gasteiger partial charge >= 0.3 is 0 Å². The molecule has 3 fully saturated rings. The van der Waals surface area contributed by atoms with Crippen LogP contribution >= 0.6 is 0 Å². The van der Waals surface area contributed by atoms with Gasteiger partial charge in [-0.25, -0.2) is 0 Å². The van der Waals surface area contributed by atoms with Gasteiger partial charge in [0.05, 0.1) is 0 Å². The lowest BCUT2D eigenvalue weighted by atomic mass is 9.84. The molecule has 0 spiro atoms. The van der Waals surface area contributed by atoms with Crippen LogP contribution in [0.25, 0.3) is 0 Å². The lowest BCUT2D eigenvalue weighted by molar-refractivity contribution is 0.305. The van der Waals surface area contributed by atoms with Crippen LogP contribution < -0.4 is 0 Å². The Balaban J connectivity index is 0.000000198. The third kappa shape index (κ3) is 14.1. The zero-order valence-electron chi connectivity index (χ0n) is 19.4. The van der Waals surface area contributed by atoms with Crippen LogP contribution in [0.4, 0.5) is 0 Å². The molecule has 0 aromatic carbocycles. The van der Waals surface area contributed by atoms with Gasteiger partial charge in [0.1, 0.15) is 0 Å². The molecule has 156 valence electrons. The third-order valence-corrected chi connectivity index (χ3v) is 6.31. The number of hydrogen-bond acceptors (Lipinski definition) is 0. The van der Waals surface area contributed by atoms with Gasteiger partial charge in [0.15, 0.2) is 0 Å². The SMILES string of the molecule is CC(C)CC1CC1.CC(C)CC1CCCC1.CC(C)CC1CCCCC1. The first kappa shape index (κ1) is 24.0. The predicted octanol–water partition coefficient (Wildman–Crippen LogP) is 9.28. The van der Waals surface area contributed by atoms with E-state index >= 15 is 0 Å². The van der Waals surface area contributed by atoms with Crippen molar-refractivity contribution in [2.75, 3.05) is 0 Å². The smallest absolute Gasteiger partial charge is 0.0412 e. The van der Waals surface area contributed by atoms with Gasteiger partial charge in [-0.1, -0.05) is 112 Å². The molecule has 0 heterocycles. The van der Waals surface area contributed by atoms with Crippen LogP contribution in [0, 0.1) is 35.5 Å². The van der Waals surface area contributed by atoms with E-state index in [4.69, 9.17) is 0 Å². The average molecular weight is 365 g/mol. The van der Waals surface area contributed by atoms with E-state index in [9.17, 15) is 0 Å². The number of hydrogen-bond donors (Lipinski definition) is 0. The highest BCUT2D eigenvalue weighted by molar-refractivity contribution is 4.73. The summed E-state index contributed by atoms with van der Waals surface area (Å²) in [5.41, 5.74) is 0. The van der Waals surface area contributed by atoms with E-state index in [1.54, 1.807) is 0 Å². The fourth-order valence-corrected chi connectivity index (χ4v) is 5.02. The Morgan fingerprint density at radius 2 is 0.692 bits per heavy atom. The van der Waals surface area contributed by atoms with Crippen LogP contribution in [0.15, 0.2) is 0 Å². The molecule has 0 atom stereocenters. The summed E-state index contributed by atoms with van der Waals surface area (Å²) in [6, 6.07) is 0. The summed E-state index contributed by atoms with van der Waals surface area (Å²) in [5, 5.41) is 0. The fraction of sp³-hybridized carbons (Fsp3) is 1.00. The zero-order valence-corrected chi connectivity index (χ0v) is 19.4. The van der Waals surface area contributed by atoms with Gasteiger partial charge in [-0.05, 0) is 54.8 Å². The molecule has 0 heteroatoms. The second kappa shape index (κ2) is 14.1. The summed E-state index contributed by atoms with van der Waals surface area (Å²) < 4.78 is 0. The molecule has 3 saturated carbocycles. The Morgan fingerprint density at radius 3 is 0.962 bits per heavy atom. The molecule has 0 N–H and O–H groups in total. The monoisotopic (exact) mass is 364 g/mol. The Labute approximate surface area is 167 Å². The van der Waals surface area contributed by atoms with Gasteiger partial charge < -0.3 is 0 Å². The summed E-state index contributed by atoms with van der Waals surface area (Å²) in [6.07, 6.45) is 21.0. The molecular weight excluding hydrogens is 312 g/mol. The van der Waals surface area contributed by atoms with E-state index in [0.717, 1.165) is 35.5 Å². The van der Waals surface area contributed by atoms with E-state index in [1.165, 1.54) is 89.9 Å². The van der Waals surface area contributed by atoms with Crippen molar-refractivity contribution in [2.24, 2.45) is 35.5 Å². The predicted molar refractivity (Wildman–Crippen MR) is 120 cm³/mol. The van der Waals surface area contributed by atoms with Crippen LogP contribution in [0.2, 0.25) is 0 Å². The highest BCUT2D eigenvalue weighted by Crippen LogP contribution is 2.34. The first-order valence-electron chi connectivity index (χ1n) is 12.4. The van der Waals surface area contributed by atoms with Crippen molar-refractivity contribution < 1.29 is 0 Å². The molecule has 0 aromatic heterocycles. The van der Waals surface area contributed by atoms with Crippen molar-refractivity contribution in [3.05, 3.63) is 0 Å². The van der Waals surface area contributed by atoms with Crippen LogP contribution in [-0.2, 0) is 0 Å². The van der Waals surface area contributed by atoms with Crippen LogP contribution in [0.1, 0.15) is 131 Å². The van der Waals surface area contributed by atoms with Gasteiger partial charge in [-0.2, -0.15) is 0 Å². The summed E-state index contributed by atoms with van der Waals surface area (Å²) in [5.74, 6) is 6.07. The molecule has 0 aliphatic heterocycles. The van der Waals surface area contributed by atoms with E-state index in [-0.39, 0.29) is 0 Å². The molecule has 0 radical (unpaired) electrons. The normalized spacial score (nSPS) is 21.6. The molecule has 3 rings (SSSR count). The van der Waals surface area contributed by atoms with E-state index < -0.39 is 0 Å². The molecule has 0 unspecified atom stereocenters. The Bertz CT molecular complexity index is 298. The fourth-order valence-electron chi connectivity index (χ4n) is 5.02. The van der Waals surface area contributed by atoms with Gasteiger partial charge in [-0.15, -0.1) is 0 Å². The summed E-state index contributed by atoms with van der Waals surface area (Å²) >= 11 is 0. The maximum absolute atomic E-state index is 2.34. The maximum Gasteiger partial charge on any atom is -0.0412 e. The topological polar surface area (TPSA) is 0 Å². The minimum Gasteiger partial charge on any atom is -0.0628 e. The molecule has 0 aromatic rings. The van der Waals surface area contributed by atoms with Gasteiger partial charge in [0.2, 0.25) is 0 Å². The Kier molecular flexibility index (Phi) is 13.0. The minimum atomic E-state index is 0.920.